The highest BCUT2D eigenvalue weighted by atomic mass is 16.1. The third-order valence-electron chi connectivity index (χ3n) is 2.68. The number of carbonyl (C=O) groups excluding carboxylic acids is 1. The lowest BCUT2D eigenvalue weighted by atomic mass is 10.1. The highest BCUT2D eigenvalue weighted by Crippen LogP contribution is 2.17. The Morgan fingerprint density at radius 1 is 1.29 bits per heavy atom. The molecular weight excluding hydrogens is 212 g/mol. The Morgan fingerprint density at radius 2 is 2.00 bits per heavy atom. The lowest BCUT2D eigenvalue weighted by molar-refractivity contribution is -0.114. The van der Waals surface area contributed by atoms with Gasteiger partial charge in [0, 0.05) is 24.3 Å². The summed E-state index contributed by atoms with van der Waals surface area (Å²) in [6.45, 7) is 5.90. The summed E-state index contributed by atoms with van der Waals surface area (Å²) in [4.78, 5) is 11.0. The van der Waals surface area contributed by atoms with E-state index < -0.39 is 0 Å². The quantitative estimate of drug-likeness (QED) is 0.789. The number of benzene rings is 1. The lowest BCUT2D eigenvalue weighted by Gasteiger charge is -2.18. The molecule has 0 bridgehead atoms. The summed E-state index contributed by atoms with van der Waals surface area (Å²) in [5.41, 5.74) is 1.91. The van der Waals surface area contributed by atoms with Crippen LogP contribution in [-0.4, -0.2) is 11.9 Å². The molecule has 1 unspecified atom stereocenters. The van der Waals surface area contributed by atoms with Crippen molar-refractivity contribution in [3.05, 3.63) is 24.3 Å². The molecular formula is C14H22N2O. The van der Waals surface area contributed by atoms with Crippen LogP contribution in [0.15, 0.2) is 24.3 Å². The molecule has 1 aromatic rings. The Bertz CT molecular complexity index is 363. The number of nitrogens with one attached hydrogen (secondary N) is 2. The fourth-order valence-corrected chi connectivity index (χ4v) is 1.85. The largest absolute Gasteiger partial charge is 0.382 e. The first-order valence-corrected chi connectivity index (χ1v) is 6.29. The molecule has 0 radical (unpaired) electrons. The van der Waals surface area contributed by atoms with Crippen molar-refractivity contribution in [2.75, 3.05) is 10.6 Å². The summed E-state index contributed by atoms with van der Waals surface area (Å²) in [6.07, 6.45) is 3.45. The van der Waals surface area contributed by atoms with E-state index in [4.69, 9.17) is 0 Å². The molecule has 17 heavy (non-hydrogen) atoms. The Morgan fingerprint density at radius 3 is 2.59 bits per heavy atom. The molecule has 3 heteroatoms. The number of anilines is 2. The van der Waals surface area contributed by atoms with Crippen molar-refractivity contribution in [3.63, 3.8) is 0 Å². The van der Waals surface area contributed by atoms with E-state index in [1.54, 1.807) is 0 Å². The van der Waals surface area contributed by atoms with Crippen molar-refractivity contribution in [2.45, 2.75) is 46.1 Å². The van der Waals surface area contributed by atoms with E-state index in [1.165, 1.54) is 19.8 Å². The van der Waals surface area contributed by atoms with Gasteiger partial charge in [0.25, 0.3) is 0 Å². The normalized spacial score (nSPS) is 11.9. The molecule has 0 spiro atoms. The van der Waals surface area contributed by atoms with Crippen molar-refractivity contribution < 1.29 is 4.79 Å². The first kappa shape index (κ1) is 13.6. The molecule has 0 aromatic heterocycles. The van der Waals surface area contributed by atoms with Gasteiger partial charge in [0.1, 0.15) is 0 Å². The summed E-state index contributed by atoms with van der Waals surface area (Å²) in [5.74, 6) is -0.0391. The number of rotatable bonds is 6. The first-order chi connectivity index (χ1) is 8.15. The third kappa shape index (κ3) is 4.89. The second-order valence-electron chi connectivity index (χ2n) is 4.30. The zero-order chi connectivity index (χ0) is 12.7. The molecule has 3 nitrogen and oxygen atoms in total. The van der Waals surface area contributed by atoms with Crippen LogP contribution in [0, 0.1) is 0 Å². The van der Waals surface area contributed by atoms with Gasteiger partial charge in [-0.3, -0.25) is 4.79 Å². The standard InChI is InChI=1S/C14H22N2O/c1-4-7-12(5-2)16-14-9-6-8-13(10-14)15-11(3)17/h6,8-10,12,16H,4-5,7H2,1-3H3,(H,15,17). The molecule has 1 atom stereocenters. The monoisotopic (exact) mass is 234 g/mol. The van der Waals surface area contributed by atoms with Gasteiger partial charge in [0.15, 0.2) is 0 Å². The Labute approximate surface area is 104 Å². The van der Waals surface area contributed by atoms with Gasteiger partial charge >= 0.3 is 0 Å². The van der Waals surface area contributed by atoms with Crippen LogP contribution in [0.1, 0.15) is 40.0 Å². The van der Waals surface area contributed by atoms with Gasteiger partial charge in [-0.05, 0) is 31.0 Å². The van der Waals surface area contributed by atoms with Gasteiger partial charge in [0.2, 0.25) is 5.91 Å². The molecule has 2 N–H and O–H groups in total. The minimum atomic E-state index is -0.0391. The van der Waals surface area contributed by atoms with Crippen LogP contribution in [0.5, 0.6) is 0 Å². The fourth-order valence-electron chi connectivity index (χ4n) is 1.85. The van der Waals surface area contributed by atoms with Crippen LogP contribution in [0.2, 0.25) is 0 Å². The molecule has 0 fully saturated rings. The molecule has 0 saturated carbocycles. The van der Waals surface area contributed by atoms with E-state index in [1.807, 2.05) is 24.3 Å². The number of hydrogen-bond acceptors (Lipinski definition) is 2. The van der Waals surface area contributed by atoms with E-state index in [0.29, 0.717) is 6.04 Å². The molecule has 1 aromatic carbocycles. The maximum atomic E-state index is 11.0. The summed E-state index contributed by atoms with van der Waals surface area (Å²) in [7, 11) is 0. The van der Waals surface area contributed by atoms with Gasteiger partial charge in [-0.25, -0.2) is 0 Å². The maximum absolute atomic E-state index is 11.0. The lowest BCUT2D eigenvalue weighted by Crippen LogP contribution is -2.18. The second kappa shape index (κ2) is 6.94. The highest BCUT2D eigenvalue weighted by molar-refractivity contribution is 5.89. The fraction of sp³-hybridized carbons (Fsp3) is 0.500. The first-order valence-electron chi connectivity index (χ1n) is 6.29. The Balaban J connectivity index is 2.67. The average molecular weight is 234 g/mol. The second-order valence-corrected chi connectivity index (χ2v) is 4.30. The van der Waals surface area contributed by atoms with Gasteiger partial charge < -0.3 is 10.6 Å². The topological polar surface area (TPSA) is 41.1 Å². The summed E-state index contributed by atoms with van der Waals surface area (Å²) < 4.78 is 0. The summed E-state index contributed by atoms with van der Waals surface area (Å²) in [6, 6.07) is 8.36. The predicted molar refractivity (Wildman–Crippen MR) is 73.4 cm³/mol. The smallest absolute Gasteiger partial charge is 0.221 e. The molecule has 1 amide bonds. The van der Waals surface area contributed by atoms with E-state index in [-0.39, 0.29) is 5.91 Å². The van der Waals surface area contributed by atoms with Gasteiger partial charge in [-0.15, -0.1) is 0 Å². The van der Waals surface area contributed by atoms with Crippen LogP contribution in [-0.2, 0) is 4.79 Å². The minimum absolute atomic E-state index is 0.0391. The van der Waals surface area contributed by atoms with Crippen LogP contribution in [0.4, 0.5) is 11.4 Å². The Kier molecular flexibility index (Phi) is 5.53. The van der Waals surface area contributed by atoms with E-state index >= 15 is 0 Å². The molecule has 0 heterocycles. The molecule has 0 aliphatic heterocycles. The zero-order valence-corrected chi connectivity index (χ0v) is 10.9. The third-order valence-corrected chi connectivity index (χ3v) is 2.68. The zero-order valence-electron chi connectivity index (χ0n) is 10.9. The Hall–Kier alpha value is -1.51. The van der Waals surface area contributed by atoms with Gasteiger partial charge in [-0.1, -0.05) is 26.3 Å². The van der Waals surface area contributed by atoms with Crippen molar-refractivity contribution in [3.8, 4) is 0 Å². The van der Waals surface area contributed by atoms with Gasteiger partial charge in [-0.2, -0.15) is 0 Å². The van der Waals surface area contributed by atoms with Crippen molar-refractivity contribution in [2.24, 2.45) is 0 Å². The van der Waals surface area contributed by atoms with Gasteiger partial charge in [0.05, 0.1) is 0 Å². The maximum Gasteiger partial charge on any atom is 0.221 e. The molecule has 0 aliphatic carbocycles. The minimum Gasteiger partial charge on any atom is -0.382 e. The average Bonchev–Trinajstić information content (AvgIpc) is 2.28. The van der Waals surface area contributed by atoms with Crippen LogP contribution >= 0.6 is 0 Å². The van der Waals surface area contributed by atoms with Crippen molar-refractivity contribution >= 4 is 17.3 Å². The molecule has 1 rings (SSSR count). The van der Waals surface area contributed by atoms with Crippen LogP contribution in [0.25, 0.3) is 0 Å². The van der Waals surface area contributed by atoms with Crippen LogP contribution < -0.4 is 10.6 Å². The number of carbonyl (C=O) groups is 1. The highest BCUT2D eigenvalue weighted by Gasteiger charge is 2.05. The van der Waals surface area contributed by atoms with Crippen molar-refractivity contribution in [1.82, 2.24) is 0 Å². The van der Waals surface area contributed by atoms with E-state index in [0.717, 1.165) is 17.8 Å². The van der Waals surface area contributed by atoms with E-state index in [9.17, 15) is 4.79 Å². The number of amides is 1. The van der Waals surface area contributed by atoms with Crippen LogP contribution in [0.3, 0.4) is 0 Å². The summed E-state index contributed by atoms with van der Waals surface area (Å²) in [5, 5.41) is 6.28. The molecule has 94 valence electrons. The van der Waals surface area contributed by atoms with Crippen molar-refractivity contribution in [1.29, 1.82) is 0 Å². The van der Waals surface area contributed by atoms with E-state index in [2.05, 4.69) is 24.5 Å². The molecule has 0 saturated heterocycles. The number of hydrogen-bond donors (Lipinski definition) is 2. The summed E-state index contributed by atoms with van der Waals surface area (Å²) >= 11 is 0. The predicted octanol–water partition coefficient (Wildman–Crippen LogP) is 3.64. The SMILES string of the molecule is CCCC(CC)Nc1cccc(NC(C)=O)c1. The molecule has 0 aliphatic rings.